The van der Waals surface area contributed by atoms with Crippen LogP contribution in [0.4, 0.5) is 0 Å². The Kier molecular flexibility index (Phi) is 6.33. The molecule has 0 bridgehead atoms. The minimum atomic E-state index is -0.155. The average molecular weight is 432 g/mol. The third-order valence-corrected chi connectivity index (χ3v) is 5.73. The number of ether oxygens (including phenoxy) is 1. The van der Waals surface area contributed by atoms with Crippen molar-refractivity contribution < 1.29 is 13.9 Å². The van der Waals surface area contributed by atoms with Crippen LogP contribution in [0.5, 0.6) is 5.75 Å². The standard InChI is InChI=1S/C24H21N3O3S/c1-17-8-3-4-10-19(17)15-25-26-24-27(16-20-11-7-13-30-20)23(28)22(31-24)14-18-9-5-6-12-21(18)29-2/h3-15H,16H2,1-2H3/b22-14-,25-15-,26-24+. The van der Waals surface area contributed by atoms with Gasteiger partial charge in [-0.05, 0) is 54.1 Å². The number of aryl methyl sites for hydroxylation is 1. The van der Waals surface area contributed by atoms with Crippen LogP contribution in [-0.4, -0.2) is 29.3 Å². The highest BCUT2D eigenvalue weighted by Gasteiger charge is 2.34. The summed E-state index contributed by atoms with van der Waals surface area (Å²) < 4.78 is 10.8. The van der Waals surface area contributed by atoms with Gasteiger partial charge in [0, 0.05) is 5.56 Å². The van der Waals surface area contributed by atoms with Crippen molar-refractivity contribution in [1.82, 2.24) is 4.90 Å². The minimum absolute atomic E-state index is 0.155. The molecule has 2 aromatic carbocycles. The lowest BCUT2D eigenvalue weighted by atomic mass is 10.1. The molecule has 0 radical (unpaired) electrons. The van der Waals surface area contributed by atoms with E-state index in [1.54, 1.807) is 30.6 Å². The number of carbonyl (C=O) groups excluding carboxylic acids is 1. The van der Waals surface area contributed by atoms with E-state index in [1.165, 1.54) is 11.8 Å². The number of thioether (sulfide) groups is 1. The number of amidine groups is 1. The van der Waals surface area contributed by atoms with Crippen molar-refractivity contribution in [3.63, 3.8) is 0 Å². The van der Waals surface area contributed by atoms with Crippen LogP contribution in [0.1, 0.15) is 22.5 Å². The fourth-order valence-electron chi connectivity index (χ4n) is 3.08. The van der Waals surface area contributed by atoms with Gasteiger partial charge >= 0.3 is 0 Å². The molecule has 2 heterocycles. The van der Waals surface area contributed by atoms with Gasteiger partial charge in [-0.2, -0.15) is 5.10 Å². The summed E-state index contributed by atoms with van der Waals surface area (Å²) in [5, 5.41) is 9.08. The van der Waals surface area contributed by atoms with Gasteiger partial charge in [-0.3, -0.25) is 9.69 Å². The molecule has 7 heteroatoms. The lowest BCUT2D eigenvalue weighted by Gasteiger charge is -2.12. The second-order valence-electron chi connectivity index (χ2n) is 6.81. The van der Waals surface area contributed by atoms with E-state index in [0.29, 0.717) is 21.6 Å². The first-order valence-electron chi connectivity index (χ1n) is 9.69. The zero-order valence-corrected chi connectivity index (χ0v) is 18.0. The number of amides is 1. The largest absolute Gasteiger partial charge is 0.496 e. The maximum absolute atomic E-state index is 13.2. The maximum atomic E-state index is 13.2. The molecule has 1 aliphatic rings. The van der Waals surface area contributed by atoms with Crippen molar-refractivity contribution in [3.8, 4) is 5.75 Å². The van der Waals surface area contributed by atoms with E-state index >= 15 is 0 Å². The number of nitrogens with zero attached hydrogens (tertiary/aromatic N) is 3. The molecule has 1 aromatic heterocycles. The molecule has 0 aliphatic carbocycles. The van der Waals surface area contributed by atoms with Crippen molar-refractivity contribution in [3.05, 3.63) is 94.3 Å². The Bertz CT molecular complexity index is 1170. The summed E-state index contributed by atoms with van der Waals surface area (Å²) in [7, 11) is 1.61. The predicted molar refractivity (Wildman–Crippen MR) is 124 cm³/mol. The molecule has 1 amide bonds. The molecule has 1 fully saturated rings. The number of rotatable bonds is 6. The smallest absolute Gasteiger partial charge is 0.267 e. The van der Waals surface area contributed by atoms with Gasteiger partial charge in [0.1, 0.15) is 11.5 Å². The molecule has 0 spiro atoms. The summed E-state index contributed by atoms with van der Waals surface area (Å²) >= 11 is 1.28. The molecule has 0 saturated carbocycles. The highest BCUT2D eigenvalue weighted by atomic mass is 32.2. The number of hydrogen-bond donors (Lipinski definition) is 0. The van der Waals surface area contributed by atoms with E-state index in [2.05, 4.69) is 10.2 Å². The normalized spacial score (nSPS) is 16.7. The zero-order valence-electron chi connectivity index (χ0n) is 17.2. The summed E-state index contributed by atoms with van der Waals surface area (Å²) in [6.07, 6.45) is 5.09. The van der Waals surface area contributed by atoms with Gasteiger partial charge in [0.05, 0.1) is 31.0 Å². The van der Waals surface area contributed by atoms with E-state index in [0.717, 1.165) is 16.7 Å². The van der Waals surface area contributed by atoms with Crippen LogP contribution in [0.15, 0.2) is 86.5 Å². The average Bonchev–Trinajstić information content (AvgIpc) is 3.40. The van der Waals surface area contributed by atoms with Crippen LogP contribution in [0, 0.1) is 6.92 Å². The molecule has 0 N–H and O–H groups in total. The van der Waals surface area contributed by atoms with Gasteiger partial charge in [-0.1, -0.05) is 42.5 Å². The number of benzene rings is 2. The highest BCUT2D eigenvalue weighted by Crippen LogP contribution is 2.35. The number of hydrogen-bond acceptors (Lipinski definition) is 6. The molecule has 156 valence electrons. The highest BCUT2D eigenvalue weighted by molar-refractivity contribution is 8.18. The Balaban J connectivity index is 1.65. The number of para-hydroxylation sites is 1. The van der Waals surface area contributed by atoms with Crippen molar-refractivity contribution in [1.29, 1.82) is 0 Å². The summed E-state index contributed by atoms with van der Waals surface area (Å²) in [5.41, 5.74) is 2.90. The van der Waals surface area contributed by atoms with Crippen molar-refractivity contribution in [2.24, 2.45) is 10.2 Å². The van der Waals surface area contributed by atoms with Crippen LogP contribution in [-0.2, 0) is 11.3 Å². The first kappa shape index (κ1) is 20.7. The Labute approximate surface area is 184 Å². The predicted octanol–water partition coefficient (Wildman–Crippen LogP) is 5.10. The molecular weight excluding hydrogens is 410 g/mol. The second-order valence-corrected chi connectivity index (χ2v) is 7.82. The molecule has 0 atom stereocenters. The number of carbonyl (C=O) groups is 1. The topological polar surface area (TPSA) is 67.4 Å². The zero-order chi connectivity index (χ0) is 21.6. The first-order chi connectivity index (χ1) is 15.2. The van der Waals surface area contributed by atoms with Gasteiger partial charge in [0.25, 0.3) is 5.91 Å². The lowest BCUT2D eigenvalue weighted by Crippen LogP contribution is -2.28. The summed E-state index contributed by atoms with van der Waals surface area (Å²) in [6, 6.07) is 19.1. The van der Waals surface area contributed by atoms with Gasteiger partial charge in [0.15, 0.2) is 5.17 Å². The lowest BCUT2D eigenvalue weighted by molar-refractivity contribution is -0.122. The molecule has 0 unspecified atom stereocenters. The molecule has 6 nitrogen and oxygen atoms in total. The Morgan fingerprint density at radius 2 is 1.84 bits per heavy atom. The summed E-state index contributed by atoms with van der Waals surface area (Å²) in [4.78, 5) is 15.3. The fourth-order valence-corrected chi connectivity index (χ4v) is 4.01. The second kappa shape index (κ2) is 9.49. The van der Waals surface area contributed by atoms with Crippen molar-refractivity contribution in [2.75, 3.05) is 7.11 Å². The quantitative estimate of drug-likeness (QED) is 0.309. The van der Waals surface area contributed by atoms with Gasteiger partial charge < -0.3 is 9.15 Å². The van der Waals surface area contributed by atoms with Gasteiger partial charge in [-0.25, -0.2) is 0 Å². The maximum Gasteiger partial charge on any atom is 0.267 e. The number of furan rings is 1. The van der Waals surface area contributed by atoms with E-state index in [4.69, 9.17) is 9.15 Å². The van der Waals surface area contributed by atoms with E-state index < -0.39 is 0 Å². The van der Waals surface area contributed by atoms with Crippen LogP contribution in [0.25, 0.3) is 6.08 Å². The van der Waals surface area contributed by atoms with E-state index in [9.17, 15) is 4.79 Å². The van der Waals surface area contributed by atoms with Crippen LogP contribution < -0.4 is 4.74 Å². The van der Waals surface area contributed by atoms with Crippen LogP contribution in [0.3, 0.4) is 0 Å². The van der Waals surface area contributed by atoms with Crippen molar-refractivity contribution >= 4 is 35.1 Å². The Morgan fingerprint density at radius 3 is 2.58 bits per heavy atom. The molecule has 31 heavy (non-hydrogen) atoms. The van der Waals surface area contributed by atoms with Crippen LogP contribution in [0.2, 0.25) is 0 Å². The summed E-state index contributed by atoms with van der Waals surface area (Å²) in [5.74, 6) is 1.21. The van der Waals surface area contributed by atoms with Gasteiger partial charge in [0.2, 0.25) is 0 Å². The van der Waals surface area contributed by atoms with Crippen molar-refractivity contribution in [2.45, 2.75) is 13.5 Å². The first-order valence-corrected chi connectivity index (χ1v) is 10.5. The third kappa shape index (κ3) is 4.78. The summed E-state index contributed by atoms with van der Waals surface area (Å²) in [6.45, 7) is 2.29. The SMILES string of the molecule is COc1ccccc1/C=C1\S/C(=N/N=C\c2ccccc2C)N(Cc2ccco2)C1=O. The molecule has 4 rings (SSSR count). The fraction of sp³-hybridized carbons (Fsp3) is 0.125. The monoisotopic (exact) mass is 431 g/mol. The molecule has 1 aliphatic heterocycles. The Morgan fingerprint density at radius 1 is 1.06 bits per heavy atom. The Hall–Kier alpha value is -3.58. The molecule has 3 aromatic rings. The molecule has 1 saturated heterocycles. The van der Waals surface area contributed by atoms with E-state index in [-0.39, 0.29) is 12.5 Å². The minimum Gasteiger partial charge on any atom is -0.496 e. The number of methoxy groups -OCH3 is 1. The third-order valence-electron chi connectivity index (χ3n) is 4.74. The van der Waals surface area contributed by atoms with Crippen LogP contribution >= 0.6 is 11.8 Å². The van der Waals surface area contributed by atoms with E-state index in [1.807, 2.05) is 67.6 Å². The molecular formula is C24H21N3O3S. The van der Waals surface area contributed by atoms with Gasteiger partial charge in [-0.15, -0.1) is 5.10 Å².